The molecule has 0 radical (unpaired) electrons. The molecule has 0 saturated carbocycles. The molecule has 0 aliphatic carbocycles. The summed E-state index contributed by atoms with van der Waals surface area (Å²) in [5, 5.41) is 0.668. The summed E-state index contributed by atoms with van der Waals surface area (Å²) in [7, 11) is 1.29. The number of benzene rings is 1. The van der Waals surface area contributed by atoms with Gasteiger partial charge in [0.2, 0.25) is 0 Å². The van der Waals surface area contributed by atoms with Crippen LogP contribution >= 0.6 is 22.9 Å². The number of anilines is 2. The van der Waals surface area contributed by atoms with Gasteiger partial charge >= 0.3 is 5.97 Å². The van der Waals surface area contributed by atoms with Crippen molar-refractivity contribution in [3.8, 4) is 0 Å². The Bertz CT molecular complexity index is 615. The minimum absolute atomic E-state index is 0.109. The number of halogens is 2. The molecule has 1 heterocycles. The number of esters is 1. The molecule has 0 atom stereocenters. The van der Waals surface area contributed by atoms with Gasteiger partial charge in [0.05, 0.1) is 7.11 Å². The van der Waals surface area contributed by atoms with E-state index in [1.807, 2.05) is 11.8 Å². The Hall–Kier alpha value is -1.66. The topological polar surface area (TPSA) is 42.4 Å². The molecule has 0 aliphatic heterocycles. The number of methoxy groups -OCH3 is 1. The largest absolute Gasteiger partial charge is 0.465 e. The summed E-state index contributed by atoms with van der Waals surface area (Å²) in [5.41, 5.74) is 0.774. The van der Waals surface area contributed by atoms with E-state index in [2.05, 4.69) is 9.72 Å². The molecule has 0 fully saturated rings. The monoisotopic (exact) mass is 314 g/mol. The van der Waals surface area contributed by atoms with Crippen LogP contribution in [0.25, 0.3) is 0 Å². The fourth-order valence-electron chi connectivity index (χ4n) is 1.67. The Morgan fingerprint density at radius 1 is 1.45 bits per heavy atom. The first-order chi connectivity index (χ1) is 9.56. The zero-order valence-electron chi connectivity index (χ0n) is 10.9. The summed E-state index contributed by atoms with van der Waals surface area (Å²) < 4.78 is 17.6. The summed E-state index contributed by atoms with van der Waals surface area (Å²) in [6.45, 7) is 2.53. The van der Waals surface area contributed by atoms with E-state index in [1.165, 1.54) is 19.2 Å². The van der Waals surface area contributed by atoms with E-state index in [-0.39, 0.29) is 15.8 Å². The van der Waals surface area contributed by atoms with E-state index in [9.17, 15) is 9.18 Å². The highest BCUT2D eigenvalue weighted by molar-refractivity contribution is 7.18. The number of hydrogen-bond donors (Lipinski definition) is 0. The number of hydrogen-bond acceptors (Lipinski definition) is 5. The summed E-state index contributed by atoms with van der Waals surface area (Å²) >= 11 is 7.08. The van der Waals surface area contributed by atoms with Gasteiger partial charge in [-0.15, -0.1) is 0 Å². The minimum Gasteiger partial charge on any atom is -0.465 e. The fraction of sp³-hybridized carbons (Fsp3) is 0.231. The van der Waals surface area contributed by atoms with Gasteiger partial charge in [0, 0.05) is 12.2 Å². The molecule has 20 heavy (non-hydrogen) atoms. The van der Waals surface area contributed by atoms with Crippen LogP contribution in [0.1, 0.15) is 16.6 Å². The number of nitrogens with zero attached hydrogens (tertiary/aromatic N) is 2. The molecule has 7 heteroatoms. The first-order valence-corrected chi connectivity index (χ1v) is 7.04. The Labute approximate surface area is 124 Å². The van der Waals surface area contributed by atoms with Crippen molar-refractivity contribution in [2.24, 2.45) is 0 Å². The maximum Gasteiger partial charge on any atom is 0.351 e. The molecule has 0 N–H and O–H groups in total. The lowest BCUT2D eigenvalue weighted by atomic mass is 10.3. The van der Waals surface area contributed by atoms with Gasteiger partial charge in [-0.3, -0.25) is 0 Å². The molecule has 0 aliphatic rings. The summed E-state index contributed by atoms with van der Waals surface area (Å²) in [4.78, 5) is 17.8. The summed E-state index contributed by atoms with van der Waals surface area (Å²) in [5.74, 6) is -0.828. The van der Waals surface area contributed by atoms with Crippen molar-refractivity contribution in [2.75, 3.05) is 18.6 Å². The molecule has 2 rings (SSSR count). The lowest BCUT2D eigenvalue weighted by Gasteiger charge is -2.19. The second-order valence-corrected chi connectivity index (χ2v) is 5.16. The fourth-order valence-corrected chi connectivity index (χ4v) is 2.96. The van der Waals surface area contributed by atoms with Gasteiger partial charge in [0.15, 0.2) is 15.2 Å². The van der Waals surface area contributed by atoms with Gasteiger partial charge in [-0.1, -0.05) is 22.9 Å². The van der Waals surface area contributed by atoms with Crippen LogP contribution in [-0.4, -0.2) is 24.6 Å². The maximum atomic E-state index is 13.0. The molecule has 1 aromatic heterocycles. The molecule has 0 spiro atoms. The van der Waals surface area contributed by atoms with Crippen LogP contribution < -0.4 is 4.90 Å². The number of carbonyl (C=O) groups is 1. The van der Waals surface area contributed by atoms with Gasteiger partial charge in [-0.25, -0.2) is 14.2 Å². The van der Waals surface area contributed by atoms with E-state index >= 15 is 0 Å². The van der Waals surface area contributed by atoms with Gasteiger partial charge in [0.25, 0.3) is 0 Å². The van der Waals surface area contributed by atoms with E-state index in [0.717, 1.165) is 17.0 Å². The van der Waals surface area contributed by atoms with E-state index in [0.29, 0.717) is 11.7 Å². The Kier molecular flexibility index (Phi) is 4.57. The third kappa shape index (κ3) is 2.91. The molecular weight excluding hydrogens is 303 g/mol. The zero-order valence-corrected chi connectivity index (χ0v) is 12.5. The SMILES string of the molecule is CCN(c1ccc(F)cc1)c1nc(Cl)c(C(=O)OC)s1. The highest BCUT2D eigenvalue weighted by Gasteiger charge is 2.20. The second-order valence-electron chi connectivity index (χ2n) is 3.83. The van der Waals surface area contributed by atoms with E-state index < -0.39 is 5.97 Å². The van der Waals surface area contributed by atoms with Crippen LogP contribution in [0, 0.1) is 5.82 Å². The minimum atomic E-state index is -0.520. The zero-order chi connectivity index (χ0) is 14.7. The van der Waals surface area contributed by atoms with Gasteiger partial charge in [-0.2, -0.15) is 0 Å². The molecule has 2 aromatic rings. The summed E-state index contributed by atoms with van der Waals surface area (Å²) in [6.07, 6.45) is 0. The van der Waals surface area contributed by atoms with Crippen molar-refractivity contribution >= 4 is 39.7 Å². The van der Waals surface area contributed by atoms with Crippen LogP contribution in [0.4, 0.5) is 15.2 Å². The lowest BCUT2D eigenvalue weighted by molar-refractivity contribution is 0.0606. The average Bonchev–Trinajstić information content (AvgIpc) is 2.83. The Morgan fingerprint density at radius 3 is 2.65 bits per heavy atom. The predicted octanol–water partition coefficient (Wildman–Crippen LogP) is 3.88. The Morgan fingerprint density at radius 2 is 2.10 bits per heavy atom. The molecular formula is C13H12ClFN2O2S. The summed E-state index contributed by atoms with van der Waals surface area (Å²) in [6, 6.07) is 6.03. The molecule has 4 nitrogen and oxygen atoms in total. The van der Waals surface area contributed by atoms with Crippen LogP contribution in [0.2, 0.25) is 5.15 Å². The third-order valence-electron chi connectivity index (χ3n) is 2.63. The molecule has 1 aromatic carbocycles. The third-order valence-corrected chi connectivity index (χ3v) is 4.07. The van der Waals surface area contributed by atoms with Gasteiger partial charge < -0.3 is 9.64 Å². The smallest absolute Gasteiger partial charge is 0.351 e. The van der Waals surface area contributed by atoms with Crippen molar-refractivity contribution in [2.45, 2.75) is 6.92 Å². The second kappa shape index (κ2) is 6.19. The van der Waals surface area contributed by atoms with Crippen molar-refractivity contribution < 1.29 is 13.9 Å². The standard InChI is InChI=1S/C13H12ClFN2O2S/c1-3-17(9-6-4-8(15)5-7-9)13-16-11(14)10(20-13)12(18)19-2/h4-7H,3H2,1-2H3. The number of rotatable bonds is 4. The molecule has 0 amide bonds. The van der Waals surface area contributed by atoms with E-state index in [4.69, 9.17) is 11.6 Å². The van der Waals surface area contributed by atoms with Crippen molar-refractivity contribution in [3.05, 3.63) is 40.1 Å². The lowest BCUT2D eigenvalue weighted by Crippen LogP contribution is -2.15. The average molecular weight is 315 g/mol. The van der Waals surface area contributed by atoms with Crippen LogP contribution in [0.3, 0.4) is 0 Å². The molecule has 0 bridgehead atoms. The number of thiazole rings is 1. The highest BCUT2D eigenvalue weighted by Crippen LogP contribution is 2.34. The molecule has 106 valence electrons. The van der Waals surface area contributed by atoms with Crippen molar-refractivity contribution in [3.63, 3.8) is 0 Å². The van der Waals surface area contributed by atoms with Crippen LogP contribution in [0.5, 0.6) is 0 Å². The van der Waals surface area contributed by atoms with Gasteiger partial charge in [0.1, 0.15) is 5.82 Å². The highest BCUT2D eigenvalue weighted by atomic mass is 35.5. The first kappa shape index (κ1) is 14.7. The van der Waals surface area contributed by atoms with Crippen molar-refractivity contribution in [1.29, 1.82) is 0 Å². The Balaban J connectivity index is 2.37. The predicted molar refractivity (Wildman–Crippen MR) is 77.5 cm³/mol. The number of aromatic nitrogens is 1. The number of ether oxygens (including phenoxy) is 1. The first-order valence-electron chi connectivity index (χ1n) is 5.84. The number of carbonyl (C=O) groups excluding carboxylic acids is 1. The van der Waals surface area contributed by atoms with E-state index in [1.54, 1.807) is 12.1 Å². The molecule has 0 unspecified atom stereocenters. The maximum absolute atomic E-state index is 13.0. The van der Waals surface area contributed by atoms with Crippen LogP contribution in [-0.2, 0) is 4.74 Å². The van der Waals surface area contributed by atoms with Gasteiger partial charge in [-0.05, 0) is 31.2 Å². The molecule has 0 saturated heterocycles. The quantitative estimate of drug-likeness (QED) is 0.803. The van der Waals surface area contributed by atoms with Crippen LogP contribution in [0.15, 0.2) is 24.3 Å². The van der Waals surface area contributed by atoms with Crippen molar-refractivity contribution in [1.82, 2.24) is 4.98 Å². The normalized spacial score (nSPS) is 10.4.